The molecule has 1 unspecified atom stereocenters. The molecule has 1 heterocycles. The number of aliphatic hydroxyl groups excluding tert-OH is 1. The van der Waals surface area contributed by atoms with Gasteiger partial charge in [0.05, 0.1) is 23.7 Å². The fourth-order valence-corrected chi connectivity index (χ4v) is 8.40. The number of halogens is 2. The van der Waals surface area contributed by atoms with Crippen LogP contribution in [0, 0.1) is 11.6 Å². The zero-order chi connectivity index (χ0) is 37.0. The summed E-state index contributed by atoms with van der Waals surface area (Å²) in [5.41, 5.74) is 8.17. The lowest BCUT2D eigenvalue weighted by Crippen LogP contribution is -2.55. The van der Waals surface area contributed by atoms with Crippen molar-refractivity contribution in [2.75, 3.05) is 25.4 Å². The largest absolute Gasteiger partial charge is 0.444 e. The van der Waals surface area contributed by atoms with E-state index in [1.165, 1.54) is 16.7 Å². The Morgan fingerprint density at radius 3 is 2.26 bits per heavy atom. The summed E-state index contributed by atoms with van der Waals surface area (Å²) in [5, 5.41) is 13.0. The number of ether oxygens (including phenoxy) is 1. The number of likely N-dealkylation sites (tertiary alicyclic amines) is 1. The predicted octanol–water partition coefficient (Wildman–Crippen LogP) is 3.89. The Balaban J connectivity index is 1.94. The van der Waals surface area contributed by atoms with Crippen LogP contribution in [0.2, 0.25) is 0 Å². The van der Waals surface area contributed by atoms with E-state index < -0.39 is 68.8 Å². The SMILES string of the molecule is CCCC(CCC)S(=O)(=O)CC(NC(=O)O[C@@H]1CCN(C(C)=O)C1)C(=O)N(Cc1cccc(CC)c1)C[C@@H](O)[C@@H](N)Cc1cc(F)cc(F)c1. The van der Waals surface area contributed by atoms with Crippen molar-refractivity contribution >= 4 is 27.7 Å². The first-order valence-corrected chi connectivity index (χ1v) is 19.1. The summed E-state index contributed by atoms with van der Waals surface area (Å²) in [6.45, 7) is 7.27. The molecular formula is C36H52F2N4O7S. The Kier molecular flexibility index (Phi) is 15.6. The Morgan fingerprint density at radius 2 is 1.68 bits per heavy atom. The monoisotopic (exact) mass is 722 g/mol. The maximum absolute atomic E-state index is 14.4. The third kappa shape index (κ3) is 12.3. The highest BCUT2D eigenvalue weighted by Crippen LogP contribution is 2.20. The van der Waals surface area contributed by atoms with E-state index in [0.29, 0.717) is 50.6 Å². The molecule has 0 radical (unpaired) electrons. The van der Waals surface area contributed by atoms with Crippen molar-refractivity contribution in [2.45, 2.75) is 109 Å². The lowest BCUT2D eigenvalue weighted by Gasteiger charge is -2.32. The number of sulfone groups is 1. The third-order valence-electron chi connectivity index (χ3n) is 8.96. The van der Waals surface area contributed by atoms with Gasteiger partial charge in [0.1, 0.15) is 23.8 Å². The number of alkyl carbamates (subject to hydrolysis) is 1. The van der Waals surface area contributed by atoms with Crippen molar-refractivity contribution < 1.29 is 41.4 Å². The zero-order valence-electron chi connectivity index (χ0n) is 29.4. The number of nitrogens with two attached hydrogens (primary N) is 1. The van der Waals surface area contributed by atoms with Gasteiger partial charge in [0.15, 0.2) is 9.84 Å². The first kappa shape index (κ1) is 40.8. The first-order valence-electron chi connectivity index (χ1n) is 17.3. The summed E-state index contributed by atoms with van der Waals surface area (Å²) in [6.07, 6.45) is -0.0815. The lowest BCUT2D eigenvalue weighted by atomic mass is 10.0. The van der Waals surface area contributed by atoms with Gasteiger partial charge in [0.2, 0.25) is 11.8 Å². The molecule has 278 valence electrons. The molecule has 1 saturated heterocycles. The average molecular weight is 723 g/mol. The van der Waals surface area contributed by atoms with Crippen molar-refractivity contribution in [2.24, 2.45) is 5.73 Å². The zero-order valence-corrected chi connectivity index (χ0v) is 30.3. The van der Waals surface area contributed by atoms with Crippen LogP contribution >= 0.6 is 0 Å². The van der Waals surface area contributed by atoms with E-state index in [9.17, 15) is 36.7 Å². The number of carbonyl (C=O) groups excluding carboxylic acids is 3. The fraction of sp³-hybridized carbons (Fsp3) is 0.583. The molecule has 50 heavy (non-hydrogen) atoms. The van der Waals surface area contributed by atoms with Gasteiger partial charge in [-0.15, -0.1) is 0 Å². The van der Waals surface area contributed by atoms with E-state index >= 15 is 0 Å². The second-order valence-electron chi connectivity index (χ2n) is 13.1. The minimum Gasteiger partial charge on any atom is -0.444 e. The average Bonchev–Trinajstić information content (AvgIpc) is 3.52. The summed E-state index contributed by atoms with van der Waals surface area (Å²) < 4.78 is 60.8. The molecule has 11 nitrogen and oxygen atoms in total. The molecular weight excluding hydrogens is 670 g/mol. The van der Waals surface area contributed by atoms with Crippen LogP contribution in [-0.2, 0) is 43.5 Å². The van der Waals surface area contributed by atoms with Gasteiger partial charge in [-0.1, -0.05) is 57.9 Å². The van der Waals surface area contributed by atoms with Crippen molar-refractivity contribution in [3.05, 3.63) is 70.8 Å². The summed E-state index contributed by atoms with van der Waals surface area (Å²) in [4.78, 5) is 42.2. The third-order valence-corrected chi connectivity index (χ3v) is 11.2. The number of carbonyl (C=O) groups is 3. The van der Waals surface area contributed by atoms with Crippen LogP contribution in [0.1, 0.15) is 76.5 Å². The van der Waals surface area contributed by atoms with E-state index in [2.05, 4.69) is 5.32 Å². The maximum Gasteiger partial charge on any atom is 0.408 e. The molecule has 14 heteroatoms. The fourth-order valence-electron chi connectivity index (χ4n) is 6.25. The minimum atomic E-state index is -3.92. The molecule has 1 fully saturated rings. The molecule has 0 saturated carbocycles. The van der Waals surface area contributed by atoms with Crippen molar-refractivity contribution in [1.82, 2.24) is 15.1 Å². The lowest BCUT2D eigenvalue weighted by molar-refractivity contribution is -0.135. The number of amides is 3. The minimum absolute atomic E-state index is 0.0537. The van der Waals surface area contributed by atoms with E-state index in [4.69, 9.17) is 10.5 Å². The van der Waals surface area contributed by atoms with Gasteiger partial charge in [-0.25, -0.2) is 22.0 Å². The molecule has 2 aromatic rings. The molecule has 4 N–H and O–H groups in total. The number of hydrogen-bond acceptors (Lipinski definition) is 8. The molecule has 0 spiro atoms. The Hall–Kier alpha value is -3.62. The number of hydrogen-bond donors (Lipinski definition) is 3. The van der Waals surface area contributed by atoms with Crippen molar-refractivity contribution in [3.63, 3.8) is 0 Å². The Morgan fingerprint density at radius 1 is 1.04 bits per heavy atom. The smallest absolute Gasteiger partial charge is 0.408 e. The van der Waals surface area contributed by atoms with Crippen LogP contribution in [-0.4, -0.2) is 96.2 Å². The van der Waals surface area contributed by atoms with Gasteiger partial charge in [-0.05, 0) is 54.5 Å². The summed E-state index contributed by atoms with van der Waals surface area (Å²) in [7, 11) is -3.92. The van der Waals surface area contributed by atoms with E-state index in [1.807, 2.05) is 39.0 Å². The molecule has 1 aliphatic rings. The number of nitrogens with one attached hydrogen (secondary N) is 1. The van der Waals surface area contributed by atoms with Crippen LogP contribution in [0.3, 0.4) is 0 Å². The number of benzene rings is 2. The topological polar surface area (TPSA) is 159 Å². The molecule has 0 aromatic heterocycles. The molecule has 0 bridgehead atoms. The van der Waals surface area contributed by atoms with Crippen LogP contribution in [0.5, 0.6) is 0 Å². The maximum atomic E-state index is 14.4. The first-order chi connectivity index (χ1) is 23.6. The van der Waals surface area contributed by atoms with Gasteiger partial charge in [0.25, 0.3) is 0 Å². The van der Waals surface area contributed by atoms with Gasteiger partial charge in [-0.2, -0.15) is 0 Å². The molecule has 0 aliphatic carbocycles. The highest BCUT2D eigenvalue weighted by molar-refractivity contribution is 7.92. The summed E-state index contributed by atoms with van der Waals surface area (Å²) in [5.74, 6) is -3.25. The molecule has 4 atom stereocenters. The predicted molar refractivity (Wildman–Crippen MR) is 187 cm³/mol. The number of aryl methyl sites for hydroxylation is 1. The van der Waals surface area contributed by atoms with Crippen LogP contribution in [0.25, 0.3) is 0 Å². The quantitative estimate of drug-likeness (QED) is 0.209. The summed E-state index contributed by atoms with van der Waals surface area (Å²) in [6, 6.07) is 7.71. The second kappa shape index (κ2) is 19.1. The van der Waals surface area contributed by atoms with Crippen molar-refractivity contribution in [3.8, 4) is 0 Å². The number of nitrogens with zero attached hydrogens (tertiary/aromatic N) is 2. The highest BCUT2D eigenvalue weighted by Gasteiger charge is 2.37. The summed E-state index contributed by atoms with van der Waals surface area (Å²) >= 11 is 0. The molecule has 3 rings (SSSR count). The highest BCUT2D eigenvalue weighted by atomic mass is 32.2. The van der Waals surface area contributed by atoms with Crippen LogP contribution in [0.4, 0.5) is 13.6 Å². The van der Waals surface area contributed by atoms with Crippen LogP contribution < -0.4 is 11.1 Å². The van der Waals surface area contributed by atoms with E-state index in [0.717, 1.165) is 23.8 Å². The Labute approximate surface area is 294 Å². The normalized spacial score (nSPS) is 16.6. The molecule has 2 aromatic carbocycles. The van der Waals surface area contributed by atoms with Crippen LogP contribution in [0.15, 0.2) is 42.5 Å². The van der Waals surface area contributed by atoms with E-state index in [1.54, 1.807) is 6.07 Å². The van der Waals surface area contributed by atoms with Gasteiger partial charge >= 0.3 is 6.09 Å². The van der Waals surface area contributed by atoms with Gasteiger partial charge < -0.3 is 30.7 Å². The van der Waals surface area contributed by atoms with Crippen molar-refractivity contribution in [1.29, 1.82) is 0 Å². The van der Waals surface area contributed by atoms with Gasteiger partial charge in [0, 0.05) is 45.1 Å². The van der Waals surface area contributed by atoms with Gasteiger partial charge in [-0.3, -0.25) is 9.59 Å². The Bertz CT molecular complexity index is 1530. The van der Waals surface area contributed by atoms with E-state index in [-0.39, 0.29) is 37.5 Å². The standard InChI is InChI=1S/C36H52F2N4O7S/c1-5-9-31(10-6-2)50(47,48)23-33(40-36(46)49-30-13-14-41(21-30)24(4)43)35(45)42(20-26-12-8-11-25(7-3)15-26)22-34(44)32(39)18-27-16-28(37)19-29(38)17-27/h8,11-12,15-17,19,30-34,44H,5-7,9-10,13-14,18,20-23,39H2,1-4H3,(H,40,46)/t30-,32+,33?,34-/m1/s1. The number of aliphatic hydroxyl groups is 1. The molecule has 1 aliphatic heterocycles. The second-order valence-corrected chi connectivity index (χ2v) is 15.4. The molecule has 3 amide bonds. The number of rotatable bonds is 18.